The molecule has 5 heteroatoms. The monoisotopic (exact) mass is 265 g/mol. The summed E-state index contributed by atoms with van der Waals surface area (Å²) in [6.07, 6.45) is 5.89. The fraction of sp³-hybridized carbons (Fsp3) is 0.857. The zero-order valence-corrected chi connectivity index (χ0v) is 11.6. The van der Waals surface area contributed by atoms with Gasteiger partial charge in [0.1, 0.15) is 0 Å². The van der Waals surface area contributed by atoms with Crippen LogP contribution in [0.15, 0.2) is 4.52 Å². The van der Waals surface area contributed by atoms with Crippen molar-refractivity contribution in [2.75, 3.05) is 19.7 Å². The lowest BCUT2D eigenvalue weighted by atomic mass is 9.80. The summed E-state index contributed by atoms with van der Waals surface area (Å²) >= 11 is 0. The zero-order chi connectivity index (χ0) is 13.1. The summed E-state index contributed by atoms with van der Waals surface area (Å²) in [5, 5.41) is 7.52. The molecule has 0 bridgehead atoms. The fourth-order valence-electron chi connectivity index (χ4n) is 3.06. The smallest absolute Gasteiger partial charge is 0.226 e. The molecule has 1 N–H and O–H groups in total. The third kappa shape index (κ3) is 3.15. The van der Waals surface area contributed by atoms with Crippen molar-refractivity contribution in [2.45, 2.75) is 51.0 Å². The molecule has 5 nitrogen and oxygen atoms in total. The first kappa shape index (κ1) is 13.1. The van der Waals surface area contributed by atoms with E-state index in [0.717, 1.165) is 63.5 Å². The summed E-state index contributed by atoms with van der Waals surface area (Å²) in [6.45, 7) is 4.99. The average molecular weight is 265 g/mol. The minimum atomic E-state index is 0.460. The Hall–Kier alpha value is -0.940. The van der Waals surface area contributed by atoms with E-state index in [9.17, 15) is 0 Å². The van der Waals surface area contributed by atoms with Gasteiger partial charge in [-0.2, -0.15) is 4.98 Å². The Morgan fingerprint density at radius 1 is 1.32 bits per heavy atom. The maximum atomic E-state index is 5.57. The highest BCUT2D eigenvalue weighted by Crippen LogP contribution is 2.33. The number of aromatic nitrogens is 2. The molecule has 0 atom stereocenters. The number of nitrogens with one attached hydrogen (secondary N) is 1. The number of nitrogens with zero attached hydrogens (tertiary/aromatic N) is 2. The molecule has 0 aromatic carbocycles. The first-order chi connectivity index (χ1) is 9.35. The molecule has 1 aliphatic heterocycles. The van der Waals surface area contributed by atoms with Crippen LogP contribution >= 0.6 is 0 Å². The van der Waals surface area contributed by atoms with E-state index in [4.69, 9.17) is 9.26 Å². The second kappa shape index (κ2) is 6.01. The molecule has 2 fully saturated rings. The molecular weight excluding hydrogens is 242 g/mol. The van der Waals surface area contributed by atoms with Crippen molar-refractivity contribution in [3.63, 3.8) is 0 Å². The van der Waals surface area contributed by atoms with Gasteiger partial charge in [-0.3, -0.25) is 0 Å². The van der Waals surface area contributed by atoms with Crippen LogP contribution in [0.4, 0.5) is 0 Å². The second-order valence-corrected chi connectivity index (χ2v) is 5.69. The van der Waals surface area contributed by atoms with E-state index in [1.54, 1.807) is 0 Å². The number of hydrogen-bond donors (Lipinski definition) is 1. The van der Waals surface area contributed by atoms with Gasteiger partial charge in [-0.1, -0.05) is 5.16 Å². The molecule has 1 aliphatic carbocycles. The van der Waals surface area contributed by atoms with Gasteiger partial charge >= 0.3 is 0 Å². The minimum absolute atomic E-state index is 0.460. The van der Waals surface area contributed by atoms with Crippen molar-refractivity contribution < 1.29 is 9.26 Å². The van der Waals surface area contributed by atoms with Crippen LogP contribution in [0.5, 0.6) is 0 Å². The summed E-state index contributed by atoms with van der Waals surface area (Å²) in [5.74, 6) is 2.87. The molecule has 2 heterocycles. The van der Waals surface area contributed by atoms with Crippen LogP contribution in [-0.4, -0.2) is 35.9 Å². The van der Waals surface area contributed by atoms with Gasteiger partial charge in [0.25, 0.3) is 0 Å². The maximum absolute atomic E-state index is 5.57. The molecule has 0 radical (unpaired) electrons. The summed E-state index contributed by atoms with van der Waals surface area (Å²) < 4.78 is 11.0. The lowest BCUT2D eigenvalue weighted by Gasteiger charge is -2.33. The Balaban J connectivity index is 1.48. The van der Waals surface area contributed by atoms with Crippen LogP contribution in [0.2, 0.25) is 0 Å². The van der Waals surface area contributed by atoms with Crippen LogP contribution in [-0.2, 0) is 11.2 Å². The van der Waals surface area contributed by atoms with Crippen molar-refractivity contribution in [3.8, 4) is 0 Å². The van der Waals surface area contributed by atoms with Crippen molar-refractivity contribution in [2.24, 2.45) is 5.92 Å². The predicted octanol–water partition coefficient (Wildman–Crippen LogP) is 1.89. The summed E-state index contributed by atoms with van der Waals surface area (Å²) in [6, 6.07) is 0. The van der Waals surface area contributed by atoms with E-state index in [1.165, 1.54) is 0 Å². The van der Waals surface area contributed by atoms with Crippen molar-refractivity contribution >= 4 is 0 Å². The van der Waals surface area contributed by atoms with Gasteiger partial charge in [-0.25, -0.2) is 0 Å². The third-order valence-corrected chi connectivity index (χ3v) is 4.25. The Kier molecular flexibility index (Phi) is 4.13. The van der Waals surface area contributed by atoms with Crippen LogP contribution in [0, 0.1) is 5.92 Å². The van der Waals surface area contributed by atoms with Crippen LogP contribution < -0.4 is 5.32 Å². The van der Waals surface area contributed by atoms with E-state index in [1.807, 2.05) is 0 Å². The van der Waals surface area contributed by atoms with Gasteiger partial charge in [0.2, 0.25) is 5.89 Å². The van der Waals surface area contributed by atoms with Crippen LogP contribution in [0.1, 0.15) is 50.2 Å². The van der Waals surface area contributed by atoms with Crippen LogP contribution in [0.3, 0.4) is 0 Å². The molecule has 0 amide bonds. The molecule has 1 saturated heterocycles. The topological polar surface area (TPSA) is 60.2 Å². The van der Waals surface area contributed by atoms with Crippen molar-refractivity contribution in [1.29, 1.82) is 0 Å². The Labute approximate surface area is 114 Å². The van der Waals surface area contributed by atoms with E-state index < -0.39 is 0 Å². The van der Waals surface area contributed by atoms with Gasteiger partial charge in [-0.05, 0) is 51.6 Å². The van der Waals surface area contributed by atoms with Crippen LogP contribution in [0.25, 0.3) is 0 Å². The SMILES string of the molecule is CCOC1CC(Cc2nc(C3CCNCC3)no2)C1. The number of hydrogen-bond acceptors (Lipinski definition) is 5. The molecule has 1 saturated carbocycles. The molecule has 1 aromatic heterocycles. The quantitative estimate of drug-likeness (QED) is 0.881. The lowest BCUT2D eigenvalue weighted by molar-refractivity contribution is -0.0258. The average Bonchev–Trinajstić information content (AvgIpc) is 2.86. The highest BCUT2D eigenvalue weighted by atomic mass is 16.5. The molecule has 106 valence electrons. The van der Waals surface area contributed by atoms with Crippen molar-refractivity contribution in [1.82, 2.24) is 15.5 Å². The minimum Gasteiger partial charge on any atom is -0.378 e. The summed E-state index contributed by atoms with van der Waals surface area (Å²) in [5.41, 5.74) is 0. The Morgan fingerprint density at radius 2 is 2.11 bits per heavy atom. The summed E-state index contributed by atoms with van der Waals surface area (Å²) in [7, 11) is 0. The lowest BCUT2D eigenvalue weighted by Crippen LogP contribution is -2.32. The van der Waals surface area contributed by atoms with Gasteiger partial charge in [0, 0.05) is 18.9 Å². The normalized spacial score (nSPS) is 28.3. The molecule has 3 rings (SSSR count). The highest BCUT2D eigenvalue weighted by Gasteiger charge is 2.31. The first-order valence-corrected chi connectivity index (χ1v) is 7.50. The molecule has 0 spiro atoms. The molecule has 0 unspecified atom stereocenters. The standard InChI is InChI=1S/C14H23N3O2/c1-2-18-12-7-10(8-12)9-13-16-14(17-19-13)11-3-5-15-6-4-11/h10-12,15H,2-9H2,1H3. The zero-order valence-electron chi connectivity index (χ0n) is 11.6. The largest absolute Gasteiger partial charge is 0.378 e. The summed E-state index contributed by atoms with van der Waals surface area (Å²) in [4.78, 5) is 4.58. The van der Waals surface area contributed by atoms with Gasteiger partial charge < -0.3 is 14.6 Å². The molecule has 19 heavy (non-hydrogen) atoms. The predicted molar refractivity (Wildman–Crippen MR) is 71.0 cm³/mol. The van der Waals surface area contributed by atoms with E-state index in [-0.39, 0.29) is 0 Å². The first-order valence-electron chi connectivity index (χ1n) is 7.50. The van der Waals surface area contributed by atoms with Gasteiger partial charge in [0.15, 0.2) is 5.82 Å². The van der Waals surface area contributed by atoms with Crippen molar-refractivity contribution in [3.05, 3.63) is 11.7 Å². The van der Waals surface area contributed by atoms with Gasteiger partial charge in [0.05, 0.1) is 6.10 Å². The number of piperidine rings is 1. The van der Waals surface area contributed by atoms with Gasteiger partial charge in [-0.15, -0.1) is 0 Å². The molecule has 1 aromatic rings. The fourth-order valence-corrected chi connectivity index (χ4v) is 3.06. The number of ether oxygens (including phenoxy) is 1. The highest BCUT2D eigenvalue weighted by molar-refractivity contribution is 4.99. The maximum Gasteiger partial charge on any atom is 0.226 e. The van der Waals surface area contributed by atoms with E-state index in [0.29, 0.717) is 17.9 Å². The Morgan fingerprint density at radius 3 is 2.84 bits per heavy atom. The Bertz CT molecular complexity index is 395. The molecular formula is C14H23N3O2. The van der Waals surface area contributed by atoms with E-state index in [2.05, 4.69) is 22.4 Å². The molecule has 2 aliphatic rings. The number of rotatable bonds is 5. The van der Waals surface area contributed by atoms with E-state index >= 15 is 0 Å². The second-order valence-electron chi connectivity index (χ2n) is 5.69. The third-order valence-electron chi connectivity index (χ3n) is 4.25.